The maximum Gasteiger partial charge on any atom is 0.204 e. The first-order valence-corrected chi connectivity index (χ1v) is 6.08. The number of Topliss-reactive ketones (excluding diaryl/α,β-unsaturated/α-hetero) is 1. The number of carbonyl (C=O) groups excluding carboxylic acids is 1. The van der Waals surface area contributed by atoms with Gasteiger partial charge in [-0.05, 0) is 18.2 Å². The predicted octanol–water partition coefficient (Wildman–Crippen LogP) is 3.14. The van der Waals surface area contributed by atoms with Crippen LogP contribution in [0.3, 0.4) is 0 Å². The van der Waals surface area contributed by atoms with Gasteiger partial charge >= 0.3 is 0 Å². The molecule has 0 fully saturated rings. The van der Waals surface area contributed by atoms with Crippen LogP contribution in [0.5, 0.6) is 11.5 Å². The molecule has 20 heavy (non-hydrogen) atoms. The molecule has 0 aliphatic rings. The fourth-order valence-corrected chi connectivity index (χ4v) is 1.76. The minimum atomic E-state index is -0.515. The van der Waals surface area contributed by atoms with Gasteiger partial charge in [-0.15, -0.1) is 0 Å². The van der Waals surface area contributed by atoms with E-state index in [1.807, 2.05) is 0 Å². The first-order valence-electron chi connectivity index (χ1n) is 5.70. The van der Waals surface area contributed by atoms with Crippen molar-refractivity contribution in [2.45, 2.75) is 0 Å². The highest BCUT2D eigenvalue weighted by Gasteiger charge is 2.14. The van der Waals surface area contributed by atoms with Crippen LogP contribution in [0.25, 0.3) is 0 Å². The SMILES string of the molecule is COc1ccc(F)cc1C(=O)COc1cncc(Cl)c1. The van der Waals surface area contributed by atoms with Gasteiger partial charge in [-0.2, -0.15) is 0 Å². The van der Waals surface area contributed by atoms with Crippen LogP contribution >= 0.6 is 11.6 Å². The molecule has 0 bridgehead atoms. The molecule has 6 heteroatoms. The highest BCUT2D eigenvalue weighted by atomic mass is 35.5. The summed E-state index contributed by atoms with van der Waals surface area (Å²) in [6, 6.07) is 5.26. The number of ether oxygens (including phenoxy) is 2. The minimum Gasteiger partial charge on any atom is -0.496 e. The number of hydrogen-bond acceptors (Lipinski definition) is 4. The maximum atomic E-state index is 13.2. The first-order chi connectivity index (χ1) is 9.60. The zero-order valence-electron chi connectivity index (χ0n) is 10.6. The number of carbonyl (C=O) groups is 1. The van der Waals surface area contributed by atoms with Crippen LogP contribution in [0.1, 0.15) is 10.4 Å². The molecule has 0 saturated heterocycles. The van der Waals surface area contributed by atoms with Gasteiger partial charge in [0.15, 0.2) is 6.61 Å². The average molecular weight is 296 g/mol. The molecule has 0 spiro atoms. The highest BCUT2D eigenvalue weighted by Crippen LogP contribution is 2.21. The second-order valence-electron chi connectivity index (χ2n) is 3.90. The quantitative estimate of drug-likeness (QED) is 0.795. The smallest absolute Gasteiger partial charge is 0.204 e. The molecule has 104 valence electrons. The lowest BCUT2D eigenvalue weighted by atomic mass is 10.1. The molecule has 4 nitrogen and oxygen atoms in total. The zero-order chi connectivity index (χ0) is 14.5. The lowest BCUT2D eigenvalue weighted by molar-refractivity contribution is 0.0917. The summed E-state index contributed by atoms with van der Waals surface area (Å²) in [5.74, 6) is -0.259. The van der Waals surface area contributed by atoms with E-state index in [0.717, 1.165) is 6.07 Å². The fraction of sp³-hybridized carbons (Fsp3) is 0.143. The van der Waals surface area contributed by atoms with Crippen molar-refractivity contribution in [3.05, 3.63) is 53.1 Å². The molecule has 1 heterocycles. The summed E-state index contributed by atoms with van der Waals surface area (Å²) in [5.41, 5.74) is 0.127. The number of aromatic nitrogens is 1. The van der Waals surface area contributed by atoms with Gasteiger partial charge in [0.25, 0.3) is 0 Å². The van der Waals surface area contributed by atoms with E-state index < -0.39 is 11.6 Å². The molecule has 0 saturated carbocycles. The largest absolute Gasteiger partial charge is 0.496 e. The Morgan fingerprint density at radius 1 is 1.35 bits per heavy atom. The van der Waals surface area contributed by atoms with E-state index in [2.05, 4.69) is 4.98 Å². The summed E-state index contributed by atoms with van der Waals surface area (Å²) in [6.45, 7) is -0.262. The minimum absolute atomic E-state index is 0.127. The number of ketones is 1. The molecule has 0 radical (unpaired) electrons. The van der Waals surface area contributed by atoms with E-state index >= 15 is 0 Å². The monoisotopic (exact) mass is 295 g/mol. The van der Waals surface area contributed by atoms with Gasteiger partial charge in [-0.3, -0.25) is 9.78 Å². The van der Waals surface area contributed by atoms with Gasteiger partial charge in [0, 0.05) is 12.3 Å². The third kappa shape index (κ3) is 3.45. The van der Waals surface area contributed by atoms with Gasteiger partial charge in [0.05, 0.1) is 23.9 Å². The number of methoxy groups -OCH3 is 1. The molecule has 1 aromatic carbocycles. The van der Waals surface area contributed by atoms with Crippen molar-refractivity contribution >= 4 is 17.4 Å². The van der Waals surface area contributed by atoms with Crippen LogP contribution in [0.2, 0.25) is 5.02 Å². The Balaban J connectivity index is 2.10. The normalized spacial score (nSPS) is 10.2. The molecule has 1 aromatic heterocycles. The van der Waals surface area contributed by atoms with Gasteiger partial charge in [-0.25, -0.2) is 4.39 Å². The summed E-state index contributed by atoms with van der Waals surface area (Å²) >= 11 is 5.75. The number of pyridine rings is 1. The van der Waals surface area contributed by atoms with E-state index in [1.54, 1.807) is 0 Å². The predicted molar refractivity (Wildman–Crippen MR) is 72.0 cm³/mol. The molecule has 0 amide bonds. The summed E-state index contributed by atoms with van der Waals surface area (Å²) < 4.78 is 23.5. The number of rotatable bonds is 5. The molecule has 0 atom stereocenters. The zero-order valence-corrected chi connectivity index (χ0v) is 11.4. The Bertz CT molecular complexity index is 634. The van der Waals surface area contributed by atoms with E-state index in [1.165, 1.54) is 37.7 Å². The third-order valence-electron chi connectivity index (χ3n) is 2.51. The topological polar surface area (TPSA) is 48.4 Å². The van der Waals surface area contributed by atoms with Crippen LogP contribution in [0.15, 0.2) is 36.7 Å². The molecular weight excluding hydrogens is 285 g/mol. The molecular formula is C14H11ClFNO3. The summed E-state index contributed by atoms with van der Waals surface area (Å²) in [5, 5.41) is 0.401. The number of benzene rings is 1. The van der Waals surface area contributed by atoms with Gasteiger partial charge in [-0.1, -0.05) is 11.6 Å². The van der Waals surface area contributed by atoms with Crippen LogP contribution in [0, 0.1) is 5.82 Å². The van der Waals surface area contributed by atoms with Crippen molar-refractivity contribution in [2.24, 2.45) is 0 Å². The highest BCUT2D eigenvalue weighted by molar-refractivity contribution is 6.30. The Labute approximate surface area is 120 Å². The van der Waals surface area contributed by atoms with Crippen LogP contribution in [-0.4, -0.2) is 24.5 Å². The maximum absolute atomic E-state index is 13.2. The van der Waals surface area contributed by atoms with E-state index in [-0.39, 0.29) is 12.2 Å². The summed E-state index contributed by atoms with van der Waals surface area (Å²) in [4.78, 5) is 15.8. The van der Waals surface area contributed by atoms with Crippen molar-refractivity contribution in [3.8, 4) is 11.5 Å². The third-order valence-corrected chi connectivity index (χ3v) is 2.72. The Morgan fingerprint density at radius 3 is 2.85 bits per heavy atom. The molecule has 2 rings (SSSR count). The van der Waals surface area contributed by atoms with Crippen molar-refractivity contribution in [1.82, 2.24) is 4.98 Å². The van der Waals surface area contributed by atoms with Crippen molar-refractivity contribution < 1.29 is 18.7 Å². The molecule has 0 aliphatic heterocycles. The van der Waals surface area contributed by atoms with Crippen molar-refractivity contribution in [2.75, 3.05) is 13.7 Å². The van der Waals surface area contributed by atoms with Crippen molar-refractivity contribution in [3.63, 3.8) is 0 Å². The van der Waals surface area contributed by atoms with Crippen LogP contribution in [-0.2, 0) is 0 Å². The van der Waals surface area contributed by atoms with Gasteiger partial charge in [0.1, 0.15) is 17.3 Å². The number of nitrogens with zero attached hydrogens (tertiary/aromatic N) is 1. The molecule has 2 aromatic rings. The first kappa shape index (κ1) is 14.3. The van der Waals surface area contributed by atoms with Crippen LogP contribution < -0.4 is 9.47 Å². The molecule has 0 N–H and O–H groups in total. The lowest BCUT2D eigenvalue weighted by Crippen LogP contribution is -2.13. The van der Waals surface area contributed by atoms with Crippen LogP contribution in [0.4, 0.5) is 4.39 Å². The second-order valence-corrected chi connectivity index (χ2v) is 4.33. The second kappa shape index (κ2) is 6.34. The summed E-state index contributed by atoms with van der Waals surface area (Å²) in [6.07, 6.45) is 2.88. The van der Waals surface area contributed by atoms with E-state index in [9.17, 15) is 9.18 Å². The van der Waals surface area contributed by atoms with E-state index in [0.29, 0.717) is 16.5 Å². The fourth-order valence-electron chi connectivity index (χ4n) is 1.60. The molecule has 0 aliphatic carbocycles. The van der Waals surface area contributed by atoms with E-state index in [4.69, 9.17) is 21.1 Å². The Morgan fingerprint density at radius 2 is 2.15 bits per heavy atom. The number of halogens is 2. The summed E-state index contributed by atoms with van der Waals surface area (Å²) in [7, 11) is 1.41. The molecule has 0 unspecified atom stereocenters. The van der Waals surface area contributed by atoms with Gasteiger partial charge < -0.3 is 9.47 Å². The lowest BCUT2D eigenvalue weighted by Gasteiger charge is -2.09. The van der Waals surface area contributed by atoms with Gasteiger partial charge in [0.2, 0.25) is 5.78 Å². The van der Waals surface area contributed by atoms with Crippen molar-refractivity contribution in [1.29, 1.82) is 0 Å². The average Bonchev–Trinajstić information content (AvgIpc) is 2.45. The number of hydrogen-bond donors (Lipinski definition) is 0. The standard InChI is InChI=1S/C14H11ClFNO3/c1-19-14-3-2-10(16)5-12(14)13(18)8-20-11-4-9(15)6-17-7-11/h2-7H,8H2,1H3. The Kier molecular flexibility index (Phi) is 4.53. The Hall–Kier alpha value is -2.14.